The van der Waals surface area contributed by atoms with Crippen molar-refractivity contribution in [2.24, 2.45) is 0 Å². The van der Waals surface area contributed by atoms with Crippen molar-refractivity contribution in [2.45, 2.75) is 13.3 Å². The van der Waals surface area contributed by atoms with Crippen LogP contribution in [-0.2, 0) is 4.74 Å². The van der Waals surface area contributed by atoms with Gasteiger partial charge in [-0.05, 0) is 6.42 Å². The SMILES string of the molecule is CCCOC(=O)N(C)C. The maximum atomic E-state index is 10.6. The van der Waals surface area contributed by atoms with Crippen molar-refractivity contribution in [1.82, 2.24) is 4.90 Å². The minimum atomic E-state index is -0.267. The number of amides is 1. The molecule has 0 unspecified atom stereocenters. The molecule has 0 fully saturated rings. The van der Waals surface area contributed by atoms with E-state index in [-0.39, 0.29) is 6.09 Å². The summed E-state index contributed by atoms with van der Waals surface area (Å²) in [7, 11) is 3.33. The Labute approximate surface area is 55.6 Å². The van der Waals surface area contributed by atoms with E-state index < -0.39 is 0 Å². The van der Waals surface area contributed by atoms with Gasteiger partial charge in [0, 0.05) is 14.1 Å². The van der Waals surface area contributed by atoms with Crippen LogP contribution in [-0.4, -0.2) is 31.7 Å². The van der Waals surface area contributed by atoms with Crippen molar-refractivity contribution < 1.29 is 9.53 Å². The van der Waals surface area contributed by atoms with E-state index in [1.54, 1.807) is 14.1 Å². The summed E-state index contributed by atoms with van der Waals surface area (Å²) in [5.74, 6) is 0. The van der Waals surface area contributed by atoms with Crippen LogP contribution in [0.5, 0.6) is 0 Å². The normalized spacial score (nSPS) is 8.78. The molecule has 0 spiro atoms. The zero-order valence-electron chi connectivity index (χ0n) is 6.18. The van der Waals surface area contributed by atoms with Crippen molar-refractivity contribution in [3.05, 3.63) is 0 Å². The van der Waals surface area contributed by atoms with Gasteiger partial charge in [0.25, 0.3) is 0 Å². The standard InChI is InChI=1S/C6H13NO2/c1-4-5-9-6(8)7(2)3/h4-5H2,1-3H3. The van der Waals surface area contributed by atoms with Crippen molar-refractivity contribution in [3.63, 3.8) is 0 Å². The van der Waals surface area contributed by atoms with Crippen LogP contribution in [0.2, 0.25) is 0 Å². The van der Waals surface area contributed by atoms with Gasteiger partial charge in [0.15, 0.2) is 0 Å². The zero-order chi connectivity index (χ0) is 7.28. The maximum absolute atomic E-state index is 10.6. The molecule has 0 aromatic heterocycles. The molecule has 54 valence electrons. The lowest BCUT2D eigenvalue weighted by Crippen LogP contribution is -2.22. The van der Waals surface area contributed by atoms with E-state index in [0.717, 1.165) is 6.42 Å². The van der Waals surface area contributed by atoms with Gasteiger partial charge in [-0.1, -0.05) is 6.92 Å². The summed E-state index contributed by atoms with van der Waals surface area (Å²) < 4.78 is 4.74. The summed E-state index contributed by atoms with van der Waals surface area (Å²) in [6.07, 6.45) is 0.608. The fraction of sp³-hybridized carbons (Fsp3) is 0.833. The molecule has 0 N–H and O–H groups in total. The number of carbonyl (C=O) groups is 1. The summed E-state index contributed by atoms with van der Waals surface area (Å²) in [5, 5.41) is 0. The Kier molecular flexibility index (Phi) is 3.84. The molecular formula is C6H13NO2. The Balaban J connectivity index is 3.28. The largest absolute Gasteiger partial charge is 0.449 e. The predicted octanol–water partition coefficient (Wildman–Crippen LogP) is 1.09. The van der Waals surface area contributed by atoms with Gasteiger partial charge in [0.2, 0.25) is 0 Å². The van der Waals surface area contributed by atoms with Gasteiger partial charge >= 0.3 is 6.09 Å². The minimum Gasteiger partial charge on any atom is -0.449 e. The van der Waals surface area contributed by atoms with Crippen LogP contribution in [0.1, 0.15) is 13.3 Å². The Morgan fingerprint density at radius 3 is 2.44 bits per heavy atom. The highest BCUT2D eigenvalue weighted by Crippen LogP contribution is 1.86. The van der Waals surface area contributed by atoms with Crippen molar-refractivity contribution in [1.29, 1.82) is 0 Å². The molecule has 0 aliphatic rings. The molecule has 0 atom stereocenters. The highest BCUT2D eigenvalue weighted by Gasteiger charge is 2.01. The first-order valence-corrected chi connectivity index (χ1v) is 3.02. The van der Waals surface area contributed by atoms with Gasteiger partial charge in [-0.15, -0.1) is 0 Å². The molecule has 9 heavy (non-hydrogen) atoms. The molecule has 0 saturated carbocycles. The molecule has 0 bridgehead atoms. The lowest BCUT2D eigenvalue weighted by atomic mass is 10.5. The number of rotatable bonds is 2. The second kappa shape index (κ2) is 4.18. The third-order valence-corrected chi connectivity index (χ3v) is 0.795. The molecule has 0 aliphatic heterocycles. The average molecular weight is 131 g/mol. The van der Waals surface area contributed by atoms with E-state index in [0.29, 0.717) is 6.61 Å². The Morgan fingerprint density at radius 2 is 2.11 bits per heavy atom. The second-order valence-electron chi connectivity index (χ2n) is 2.01. The predicted molar refractivity (Wildman–Crippen MR) is 35.3 cm³/mol. The lowest BCUT2D eigenvalue weighted by molar-refractivity contribution is 0.118. The first kappa shape index (κ1) is 8.27. The molecule has 0 aliphatic carbocycles. The molecule has 0 saturated heterocycles. The number of nitrogens with zero attached hydrogens (tertiary/aromatic N) is 1. The molecule has 0 aromatic carbocycles. The maximum Gasteiger partial charge on any atom is 0.409 e. The topological polar surface area (TPSA) is 29.5 Å². The van der Waals surface area contributed by atoms with Crippen LogP contribution in [0.25, 0.3) is 0 Å². The molecule has 0 aromatic rings. The summed E-state index contributed by atoms with van der Waals surface area (Å²) in [4.78, 5) is 12.0. The smallest absolute Gasteiger partial charge is 0.409 e. The average Bonchev–Trinajstić information content (AvgIpc) is 1.82. The Bertz CT molecular complexity index is 91.1. The van der Waals surface area contributed by atoms with E-state index in [2.05, 4.69) is 0 Å². The molecule has 0 heterocycles. The summed E-state index contributed by atoms with van der Waals surface area (Å²) in [6.45, 7) is 2.47. The fourth-order valence-electron chi connectivity index (χ4n) is 0.318. The zero-order valence-corrected chi connectivity index (χ0v) is 6.18. The Hall–Kier alpha value is -0.730. The van der Waals surface area contributed by atoms with E-state index in [1.807, 2.05) is 6.92 Å². The summed E-state index contributed by atoms with van der Waals surface area (Å²) >= 11 is 0. The van der Waals surface area contributed by atoms with Crippen molar-refractivity contribution >= 4 is 6.09 Å². The third-order valence-electron chi connectivity index (χ3n) is 0.795. The van der Waals surface area contributed by atoms with E-state index in [9.17, 15) is 4.79 Å². The van der Waals surface area contributed by atoms with E-state index >= 15 is 0 Å². The molecule has 3 nitrogen and oxygen atoms in total. The number of hydrogen-bond donors (Lipinski definition) is 0. The highest BCUT2D eigenvalue weighted by molar-refractivity contribution is 5.66. The van der Waals surface area contributed by atoms with Crippen LogP contribution in [0.4, 0.5) is 4.79 Å². The molecule has 3 heteroatoms. The van der Waals surface area contributed by atoms with Gasteiger partial charge in [-0.2, -0.15) is 0 Å². The lowest BCUT2D eigenvalue weighted by Gasteiger charge is -2.09. The molecule has 0 rings (SSSR count). The van der Waals surface area contributed by atoms with Crippen LogP contribution in [0.3, 0.4) is 0 Å². The van der Waals surface area contributed by atoms with Crippen molar-refractivity contribution in [2.75, 3.05) is 20.7 Å². The van der Waals surface area contributed by atoms with Crippen LogP contribution in [0, 0.1) is 0 Å². The second-order valence-corrected chi connectivity index (χ2v) is 2.01. The number of hydrogen-bond acceptors (Lipinski definition) is 2. The third kappa shape index (κ3) is 3.82. The summed E-state index contributed by atoms with van der Waals surface area (Å²) in [5.41, 5.74) is 0. The monoisotopic (exact) mass is 131 g/mol. The van der Waals surface area contributed by atoms with Crippen molar-refractivity contribution in [3.8, 4) is 0 Å². The van der Waals surface area contributed by atoms with Crippen LogP contribution >= 0.6 is 0 Å². The van der Waals surface area contributed by atoms with Gasteiger partial charge in [-0.25, -0.2) is 4.79 Å². The molecule has 0 radical (unpaired) electrons. The quantitative estimate of drug-likeness (QED) is 0.561. The van der Waals surface area contributed by atoms with Crippen LogP contribution < -0.4 is 0 Å². The van der Waals surface area contributed by atoms with E-state index in [1.165, 1.54) is 4.90 Å². The minimum absolute atomic E-state index is 0.267. The van der Waals surface area contributed by atoms with Gasteiger partial charge in [0.1, 0.15) is 0 Å². The number of ether oxygens (including phenoxy) is 1. The van der Waals surface area contributed by atoms with Crippen LogP contribution in [0.15, 0.2) is 0 Å². The first-order chi connectivity index (χ1) is 4.18. The molecular weight excluding hydrogens is 118 g/mol. The van der Waals surface area contributed by atoms with Gasteiger partial charge in [0.05, 0.1) is 6.61 Å². The Morgan fingerprint density at radius 1 is 1.56 bits per heavy atom. The summed E-state index contributed by atoms with van der Waals surface area (Å²) in [6, 6.07) is 0. The van der Waals surface area contributed by atoms with E-state index in [4.69, 9.17) is 4.74 Å². The highest BCUT2D eigenvalue weighted by atomic mass is 16.6. The first-order valence-electron chi connectivity index (χ1n) is 3.02. The fourth-order valence-corrected chi connectivity index (χ4v) is 0.318. The molecule has 1 amide bonds. The number of carbonyl (C=O) groups excluding carboxylic acids is 1. The van der Waals surface area contributed by atoms with Gasteiger partial charge < -0.3 is 9.64 Å². The van der Waals surface area contributed by atoms with Gasteiger partial charge in [-0.3, -0.25) is 0 Å².